The fourth-order valence-electron chi connectivity index (χ4n) is 1.79. The van der Waals surface area contributed by atoms with Crippen LogP contribution < -0.4 is 10.6 Å². The van der Waals surface area contributed by atoms with Crippen LogP contribution in [0.3, 0.4) is 0 Å². The molecule has 2 amide bonds. The van der Waals surface area contributed by atoms with E-state index in [1.54, 1.807) is 25.3 Å². The maximum absolute atomic E-state index is 11.0. The van der Waals surface area contributed by atoms with Crippen molar-refractivity contribution in [3.05, 3.63) is 29.8 Å². The Morgan fingerprint density at radius 1 is 1.41 bits per heavy atom. The van der Waals surface area contributed by atoms with Gasteiger partial charge in [0.1, 0.15) is 0 Å². The van der Waals surface area contributed by atoms with E-state index >= 15 is 0 Å². The highest BCUT2D eigenvalue weighted by Crippen LogP contribution is 2.49. The van der Waals surface area contributed by atoms with Crippen LogP contribution in [0.1, 0.15) is 18.4 Å². The van der Waals surface area contributed by atoms with Gasteiger partial charge in [0.05, 0.1) is 5.54 Å². The number of nitrogens with two attached hydrogens (primary N) is 1. The van der Waals surface area contributed by atoms with Gasteiger partial charge in [0.2, 0.25) is 6.08 Å². The van der Waals surface area contributed by atoms with E-state index in [4.69, 9.17) is 5.73 Å². The summed E-state index contributed by atoms with van der Waals surface area (Å²) in [5, 5.41) is 0. The van der Waals surface area contributed by atoms with Crippen molar-refractivity contribution in [3.8, 4) is 0 Å². The molecule has 5 heteroatoms. The molecule has 0 radical (unpaired) electrons. The summed E-state index contributed by atoms with van der Waals surface area (Å²) in [4.78, 5) is 26.5. The number of carbonyl (C=O) groups excluding carboxylic acids is 2. The Kier molecular flexibility index (Phi) is 2.69. The molecular formula is C12H13N3O2. The number of isocyanates is 1. The Hall–Kier alpha value is -2.13. The number of rotatable bonds is 3. The van der Waals surface area contributed by atoms with Gasteiger partial charge >= 0.3 is 6.03 Å². The molecule has 1 aliphatic rings. The van der Waals surface area contributed by atoms with Crippen LogP contribution in [0.2, 0.25) is 0 Å². The number of aliphatic imine (C=N–C) groups is 1. The first-order chi connectivity index (χ1) is 8.09. The second-order valence-corrected chi connectivity index (χ2v) is 4.18. The third-order valence-corrected chi connectivity index (χ3v) is 3.11. The average Bonchev–Trinajstić information content (AvgIpc) is 3.10. The summed E-state index contributed by atoms with van der Waals surface area (Å²) in [7, 11) is 1.60. The molecule has 0 saturated heterocycles. The number of nitrogens with zero attached hydrogens (tertiary/aromatic N) is 2. The molecule has 17 heavy (non-hydrogen) atoms. The fraction of sp³-hybridized carbons (Fsp3) is 0.333. The highest BCUT2D eigenvalue weighted by atomic mass is 16.2. The van der Waals surface area contributed by atoms with Gasteiger partial charge < -0.3 is 5.73 Å². The molecule has 0 aromatic heterocycles. The van der Waals surface area contributed by atoms with E-state index in [9.17, 15) is 9.59 Å². The lowest BCUT2D eigenvalue weighted by Gasteiger charge is -2.15. The van der Waals surface area contributed by atoms with E-state index in [1.165, 1.54) is 4.90 Å². The molecule has 1 aromatic rings. The fourth-order valence-corrected chi connectivity index (χ4v) is 1.79. The van der Waals surface area contributed by atoms with Gasteiger partial charge in [-0.15, -0.1) is 0 Å². The molecule has 2 rings (SSSR count). The number of primary amides is 1. The molecule has 0 heterocycles. The lowest BCUT2D eigenvalue weighted by molar-refractivity contribution is 0.255. The summed E-state index contributed by atoms with van der Waals surface area (Å²) in [6.07, 6.45) is 3.35. The second kappa shape index (κ2) is 4.03. The normalized spacial score (nSPS) is 15.8. The number of hydrogen-bond acceptors (Lipinski definition) is 3. The Morgan fingerprint density at radius 2 is 2.00 bits per heavy atom. The standard InChI is InChI=1S/C12H13N3O2/c1-15(11(13)17)10-4-2-9(3-5-10)12(6-7-12)14-8-16/h2-5H,6-7H2,1H3,(H2,13,17). The van der Waals surface area contributed by atoms with Gasteiger partial charge in [0.15, 0.2) is 0 Å². The molecule has 2 N–H and O–H groups in total. The molecule has 1 saturated carbocycles. The molecule has 88 valence electrons. The minimum atomic E-state index is -0.509. The molecule has 0 atom stereocenters. The van der Waals surface area contributed by atoms with Crippen LogP contribution in [0.4, 0.5) is 10.5 Å². The van der Waals surface area contributed by atoms with Gasteiger partial charge in [0.25, 0.3) is 0 Å². The molecule has 1 fully saturated rings. The van der Waals surface area contributed by atoms with Crippen molar-refractivity contribution >= 4 is 17.8 Å². The predicted molar refractivity (Wildman–Crippen MR) is 63.5 cm³/mol. The topological polar surface area (TPSA) is 75.8 Å². The third kappa shape index (κ3) is 2.05. The van der Waals surface area contributed by atoms with Crippen molar-refractivity contribution in [2.75, 3.05) is 11.9 Å². The maximum Gasteiger partial charge on any atom is 0.318 e. The van der Waals surface area contributed by atoms with Crippen molar-refractivity contribution < 1.29 is 9.59 Å². The smallest absolute Gasteiger partial charge is 0.318 e. The molecule has 0 unspecified atom stereocenters. The summed E-state index contributed by atoms with van der Waals surface area (Å²) < 4.78 is 0. The number of hydrogen-bond donors (Lipinski definition) is 1. The molecule has 0 aliphatic heterocycles. The monoisotopic (exact) mass is 231 g/mol. The van der Waals surface area contributed by atoms with E-state index in [1.807, 2.05) is 12.1 Å². The van der Waals surface area contributed by atoms with Gasteiger partial charge in [-0.2, -0.15) is 4.99 Å². The van der Waals surface area contributed by atoms with Crippen LogP contribution in [0.25, 0.3) is 0 Å². The van der Waals surface area contributed by atoms with Gasteiger partial charge in [-0.1, -0.05) is 12.1 Å². The SMILES string of the molecule is CN(C(N)=O)c1ccc(C2(N=C=O)CC2)cc1. The van der Waals surface area contributed by atoms with Crippen LogP contribution in [0, 0.1) is 0 Å². The van der Waals surface area contributed by atoms with Crippen molar-refractivity contribution in [1.82, 2.24) is 0 Å². The highest BCUT2D eigenvalue weighted by molar-refractivity contribution is 5.89. The predicted octanol–water partition coefficient (Wildman–Crippen LogP) is 1.53. The van der Waals surface area contributed by atoms with Crippen molar-refractivity contribution in [3.63, 3.8) is 0 Å². The maximum atomic E-state index is 11.0. The van der Waals surface area contributed by atoms with Crippen molar-refractivity contribution in [2.24, 2.45) is 10.7 Å². The first kappa shape index (κ1) is 11.4. The molecule has 1 aliphatic carbocycles. The van der Waals surface area contributed by atoms with Crippen molar-refractivity contribution in [2.45, 2.75) is 18.4 Å². The summed E-state index contributed by atoms with van der Waals surface area (Å²) in [5.74, 6) is 0. The Balaban J connectivity index is 2.25. The van der Waals surface area contributed by atoms with E-state index in [0.29, 0.717) is 5.69 Å². The molecule has 1 aromatic carbocycles. The van der Waals surface area contributed by atoms with Gasteiger partial charge in [-0.05, 0) is 30.5 Å². The van der Waals surface area contributed by atoms with E-state index < -0.39 is 6.03 Å². The summed E-state index contributed by atoms with van der Waals surface area (Å²) in [5.41, 5.74) is 6.49. The van der Waals surface area contributed by atoms with E-state index in [0.717, 1.165) is 18.4 Å². The average molecular weight is 231 g/mol. The first-order valence-corrected chi connectivity index (χ1v) is 5.32. The number of benzene rings is 1. The van der Waals surface area contributed by atoms with Crippen LogP contribution in [0.15, 0.2) is 29.3 Å². The molecule has 0 spiro atoms. The second-order valence-electron chi connectivity index (χ2n) is 4.18. The van der Waals surface area contributed by atoms with Crippen LogP contribution in [-0.4, -0.2) is 19.2 Å². The van der Waals surface area contributed by atoms with Crippen molar-refractivity contribution in [1.29, 1.82) is 0 Å². The zero-order valence-electron chi connectivity index (χ0n) is 9.51. The number of amides is 2. The number of anilines is 1. The Morgan fingerprint density at radius 3 is 2.41 bits per heavy atom. The minimum Gasteiger partial charge on any atom is -0.351 e. The van der Waals surface area contributed by atoms with Gasteiger partial charge in [-0.3, -0.25) is 4.90 Å². The van der Waals surface area contributed by atoms with E-state index in [-0.39, 0.29) is 5.54 Å². The Bertz CT molecular complexity index is 485. The van der Waals surface area contributed by atoms with Gasteiger partial charge in [-0.25, -0.2) is 9.59 Å². The lowest BCUT2D eigenvalue weighted by Crippen LogP contribution is -2.31. The summed E-state index contributed by atoms with van der Waals surface area (Å²) in [6.45, 7) is 0. The van der Waals surface area contributed by atoms with Gasteiger partial charge in [0, 0.05) is 12.7 Å². The summed E-state index contributed by atoms with van der Waals surface area (Å²) >= 11 is 0. The molecule has 0 bridgehead atoms. The lowest BCUT2D eigenvalue weighted by atomic mass is 10.1. The van der Waals surface area contributed by atoms with Crippen LogP contribution in [0.5, 0.6) is 0 Å². The Labute approximate surface area is 98.9 Å². The highest BCUT2D eigenvalue weighted by Gasteiger charge is 2.44. The van der Waals surface area contributed by atoms with E-state index in [2.05, 4.69) is 4.99 Å². The number of carbonyl (C=O) groups is 1. The summed E-state index contributed by atoms with van der Waals surface area (Å²) in [6, 6.07) is 6.80. The zero-order chi connectivity index (χ0) is 12.5. The molecule has 5 nitrogen and oxygen atoms in total. The third-order valence-electron chi connectivity index (χ3n) is 3.11. The zero-order valence-corrected chi connectivity index (χ0v) is 9.51. The molecular weight excluding hydrogens is 218 g/mol. The largest absolute Gasteiger partial charge is 0.351 e. The quantitative estimate of drug-likeness (QED) is 0.632. The minimum absolute atomic E-state index is 0.369. The first-order valence-electron chi connectivity index (χ1n) is 5.32. The number of urea groups is 1. The van der Waals surface area contributed by atoms with Crippen LogP contribution in [-0.2, 0) is 10.3 Å². The van der Waals surface area contributed by atoms with Crippen LogP contribution >= 0.6 is 0 Å².